The first-order valence-electron chi connectivity index (χ1n) is 10.0. The Morgan fingerprint density at radius 2 is 1.83 bits per heavy atom. The number of rotatable bonds is 3. The van der Waals surface area contributed by atoms with E-state index < -0.39 is 23.6 Å². The second-order valence-electron chi connectivity index (χ2n) is 7.78. The predicted octanol–water partition coefficient (Wildman–Crippen LogP) is 1.82. The largest absolute Gasteiger partial charge is 0.416 e. The molecule has 3 rings (SSSR count). The van der Waals surface area contributed by atoms with Crippen molar-refractivity contribution in [2.75, 3.05) is 26.2 Å². The van der Waals surface area contributed by atoms with Crippen LogP contribution in [0.15, 0.2) is 23.2 Å². The quantitative estimate of drug-likeness (QED) is 0.505. The first-order chi connectivity index (χ1) is 14.2. The Labute approximate surface area is 172 Å². The lowest BCUT2D eigenvalue weighted by molar-refractivity contribution is -0.140. The number of nitrogens with two attached hydrogens (primary N) is 2. The van der Waals surface area contributed by atoms with Crippen LogP contribution in [0.3, 0.4) is 0 Å². The number of hydrogen-bond acceptors (Lipinski definition) is 3. The summed E-state index contributed by atoms with van der Waals surface area (Å²) in [5.41, 5.74) is 9.33. The molecule has 0 radical (unpaired) electrons. The molecular formula is C20H26F3N5O2. The number of piperidine rings is 2. The maximum absolute atomic E-state index is 13.7. The van der Waals surface area contributed by atoms with Crippen LogP contribution in [0, 0.1) is 5.92 Å². The van der Waals surface area contributed by atoms with Gasteiger partial charge in [-0.2, -0.15) is 18.2 Å². The Morgan fingerprint density at radius 1 is 1.13 bits per heavy atom. The molecule has 0 aromatic heterocycles. The monoisotopic (exact) mass is 425 g/mol. The van der Waals surface area contributed by atoms with Crippen molar-refractivity contribution in [3.63, 3.8) is 0 Å². The van der Waals surface area contributed by atoms with Gasteiger partial charge in [-0.1, -0.05) is 6.07 Å². The highest BCUT2D eigenvalue weighted by molar-refractivity contribution is 6.02. The van der Waals surface area contributed by atoms with Gasteiger partial charge in [0.2, 0.25) is 5.91 Å². The van der Waals surface area contributed by atoms with Gasteiger partial charge in [0.15, 0.2) is 5.96 Å². The van der Waals surface area contributed by atoms with Crippen LogP contribution in [-0.4, -0.2) is 48.9 Å². The Hall–Kier alpha value is -2.62. The van der Waals surface area contributed by atoms with Crippen LogP contribution in [-0.2, 0) is 11.0 Å². The first-order valence-corrected chi connectivity index (χ1v) is 10.0. The Balaban J connectivity index is 1.75. The van der Waals surface area contributed by atoms with Crippen molar-refractivity contribution >= 4 is 17.8 Å². The van der Waals surface area contributed by atoms with Crippen molar-refractivity contribution in [2.24, 2.45) is 22.4 Å². The summed E-state index contributed by atoms with van der Waals surface area (Å²) in [6, 6.07) is 3.44. The fraction of sp³-hybridized carbons (Fsp3) is 0.550. The number of amides is 2. The van der Waals surface area contributed by atoms with E-state index in [-0.39, 0.29) is 28.9 Å². The van der Waals surface area contributed by atoms with E-state index in [0.29, 0.717) is 32.5 Å². The smallest absolute Gasteiger partial charge is 0.370 e. The molecule has 0 spiro atoms. The molecule has 7 nitrogen and oxygen atoms in total. The van der Waals surface area contributed by atoms with Gasteiger partial charge < -0.3 is 21.7 Å². The first kappa shape index (κ1) is 22.1. The summed E-state index contributed by atoms with van der Waals surface area (Å²) in [6.07, 6.45) is -1.95. The van der Waals surface area contributed by atoms with Crippen molar-refractivity contribution in [1.29, 1.82) is 0 Å². The third kappa shape index (κ3) is 5.10. The number of carbonyl (C=O) groups is 2. The standard InChI is InChI=1S/C20H26F3N5O2/c21-20(22,23)16-10-13(17(29)27-19(24)25)3-4-15(16)12-5-8-28(9-6-12)18(30)14-2-1-7-26-11-14/h3-4,10,12,14,26H,1-2,5-9,11H2,(H4,24,25,27,29). The number of guanidine groups is 1. The van der Waals surface area contributed by atoms with E-state index in [2.05, 4.69) is 10.3 Å². The second-order valence-corrected chi connectivity index (χ2v) is 7.78. The highest BCUT2D eigenvalue weighted by Gasteiger charge is 2.37. The molecule has 2 aliphatic heterocycles. The average molecular weight is 425 g/mol. The number of hydrogen-bond donors (Lipinski definition) is 3. The van der Waals surface area contributed by atoms with Gasteiger partial charge in [0.1, 0.15) is 0 Å². The van der Waals surface area contributed by atoms with Crippen molar-refractivity contribution in [3.05, 3.63) is 34.9 Å². The van der Waals surface area contributed by atoms with Gasteiger partial charge in [0, 0.05) is 25.2 Å². The molecule has 0 aliphatic carbocycles. The van der Waals surface area contributed by atoms with E-state index >= 15 is 0 Å². The number of nitrogens with one attached hydrogen (secondary N) is 1. The van der Waals surface area contributed by atoms with E-state index in [9.17, 15) is 22.8 Å². The minimum absolute atomic E-state index is 0.0538. The van der Waals surface area contributed by atoms with Gasteiger partial charge in [0.05, 0.1) is 11.5 Å². The van der Waals surface area contributed by atoms with Crippen LogP contribution in [0.1, 0.15) is 53.1 Å². The van der Waals surface area contributed by atoms with Crippen molar-refractivity contribution < 1.29 is 22.8 Å². The number of nitrogens with zero attached hydrogens (tertiary/aromatic N) is 2. The Bertz CT molecular complexity index is 822. The molecule has 2 saturated heterocycles. The van der Waals surface area contributed by atoms with Gasteiger partial charge in [-0.25, -0.2) is 0 Å². The predicted molar refractivity (Wildman–Crippen MR) is 106 cm³/mol. The lowest BCUT2D eigenvalue weighted by Gasteiger charge is -2.36. The Morgan fingerprint density at radius 3 is 2.40 bits per heavy atom. The summed E-state index contributed by atoms with van der Waals surface area (Å²) in [5.74, 6) is -1.75. The fourth-order valence-corrected chi connectivity index (χ4v) is 4.20. The molecule has 0 saturated carbocycles. The summed E-state index contributed by atoms with van der Waals surface area (Å²) in [6.45, 7) is 2.41. The lowest BCUT2D eigenvalue weighted by atomic mass is 9.85. The zero-order valence-corrected chi connectivity index (χ0v) is 16.5. The van der Waals surface area contributed by atoms with Crippen molar-refractivity contribution in [2.45, 2.75) is 37.8 Å². The van der Waals surface area contributed by atoms with Crippen molar-refractivity contribution in [1.82, 2.24) is 10.2 Å². The minimum atomic E-state index is -4.62. The molecular weight excluding hydrogens is 399 g/mol. The average Bonchev–Trinajstić information content (AvgIpc) is 2.72. The van der Waals surface area contributed by atoms with E-state index in [1.54, 1.807) is 4.90 Å². The SMILES string of the molecule is NC(N)=NC(=O)c1ccc(C2CCN(C(=O)C3CCCNC3)CC2)c(C(F)(F)F)c1. The maximum Gasteiger partial charge on any atom is 0.416 e. The van der Waals surface area contributed by atoms with Gasteiger partial charge in [-0.05, 0) is 55.8 Å². The van der Waals surface area contributed by atoms with Crippen LogP contribution in [0.2, 0.25) is 0 Å². The topological polar surface area (TPSA) is 114 Å². The number of carbonyl (C=O) groups excluding carboxylic acids is 2. The van der Waals surface area contributed by atoms with Crippen LogP contribution < -0.4 is 16.8 Å². The molecule has 10 heteroatoms. The lowest BCUT2D eigenvalue weighted by Crippen LogP contribution is -2.45. The zero-order chi connectivity index (χ0) is 21.9. The molecule has 5 N–H and O–H groups in total. The molecule has 1 aromatic carbocycles. The van der Waals surface area contributed by atoms with E-state index in [4.69, 9.17) is 11.5 Å². The summed E-state index contributed by atoms with van der Waals surface area (Å²) in [7, 11) is 0. The molecule has 1 aromatic rings. The van der Waals surface area contributed by atoms with Crippen LogP contribution in [0.5, 0.6) is 0 Å². The second kappa shape index (κ2) is 9.03. The third-order valence-corrected chi connectivity index (χ3v) is 5.73. The van der Waals surface area contributed by atoms with E-state index in [1.165, 1.54) is 12.1 Å². The summed E-state index contributed by atoms with van der Waals surface area (Å²) in [4.78, 5) is 29.7. The summed E-state index contributed by atoms with van der Waals surface area (Å²) < 4.78 is 41.1. The van der Waals surface area contributed by atoms with Crippen LogP contribution >= 0.6 is 0 Å². The van der Waals surface area contributed by atoms with Gasteiger partial charge in [0.25, 0.3) is 5.91 Å². The van der Waals surface area contributed by atoms with Gasteiger partial charge >= 0.3 is 6.18 Å². The molecule has 164 valence electrons. The molecule has 1 atom stereocenters. The van der Waals surface area contributed by atoms with Crippen molar-refractivity contribution in [3.8, 4) is 0 Å². The van der Waals surface area contributed by atoms with Crippen LogP contribution in [0.25, 0.3) is 0 Å². The third-order valence-electron chi connectivity index (χ3n) is 5.73. The molecule has 2 aliphatic rings. The van der Waals surface area contributed by atoms with E-state index in [1.807, 2.05) is 0 Å². The number of halogens is 3. The summed E-state index contributed by atoms with van der Waals surface area (Å²) >= 11 is 0. The number of likely N-dealkylation sites (tertiary alicyclic amines) is 1. The molecule has 2 heterocycles. The van der Waals surface area contributed by atoms with Gasteiger partial charge in [-0.15, -0.1) is 0 Å². The molecule has 2 amide bonds. The van der Waals surface area contributed by atoms with Crippen LogP contribution in [0.4, 0.5) is 13.2 Å². The molecule has 2 fully saturated rings. The number of benzene rings is 1. The number of aliphatic imine (C=N–C) groups is 1. The minimum Gasteiger partial charge on any atom is -0.370 e. The van der Waals surface area contributed by atoms with E-state index in [0.717, 1.165) is 25.5 Å². The highest BCUT2D eigenvalue weighted by atomic mass is 19.4. The highest BCUT2D eigenvalue weighted by Crippen LogP contribution is 2.39. The summed E-state index contributed by atoms with van der Waals surface area (Å²) in [5, 5.41) is 3.21. The number of alkyl halides is 3. The normalized spacial score (nSPS) is 20.6. The zero-order valence-electron chi connectivity index (χ0n) is 16.5. The molecule has 1 unspecified atom stereocenters. The Kier molecular flexibility index (Phi) is 6.64. The van der Waals surface area contributed by atoms with Gasteiger partial charge in [-0.3, -0.25) is 9.59 Å². The fourth-order valence-electron chi connectivity index (χ4n) is 4.20. The maximum atomic E-state index is 13.7. The molecule has 30 heavy (non-hydrogen) atoms. The molecule has 0 bridgehead atoms.